The Hall–Kier alpha value is -1.55. The summed E-state index contributed by atoms with van der Waals surface area (Å²) in [5.74, 6) is -0.0446. The van der Waals surface area contributed by atoms with Crippen LogP contribution in [0.5, 0.6) is 5.75 Å². The predicted octanol–water partition coefficient (Wildman–Crippen LogP) is 1.47. The maximum absolute atomic E-state index is 11.2. The van der Waals surface area contributed by atoms with Crippen LogP contribution >= 0.6 is 0 Å². The van der Waals surface area contributed by atoms with Gasteiger partial charge in [-0.3, -0.25) is 4.79 Å². The number of nitrogens with two attached hydrogens (primary N) is 1. The van der Waals surface area contributed by atoms with Gasteiger partial charge in [-0.25, -0.2) is 0 Å². The number of aliphatic hydroxyl groups excluding tert-OH is 1. The lowest BCUT2D eigenvalue weighted by atomic mass is 9.95. The van der Waals surface area contributed by atoms with Gasteiger partial charge < -0.3 is 15.6 Å². The van der Waals surface area contributed by atoms with Gasteiger partial charge >= 0.3 is 0 Å². The summed E-state index contributed by atoms with van der Waals surface area (Å²) in [6.07, 6.45) is 2.95. The fraction of sp³-hybridized carbons (Fsp3) is 0.462. The van der Waals surface area contributed by atoms with Crippen LogP contribution in [0.3, 0.4) is 0 Å². The van der Waals surface area contributed by atoms with E-state index in [0.29, 0.717) is 11.3 Å². The van der Waals surface area contributed by atoms with E-state index in [-0.39, 0.29) is 6.10 Å². The summed E-state index contributed by atoms with van der Waals surface area (Å²) in [6, 6.07) is 6.87. The molecular weight excluding hydrogens is 218 g/mol. The third-order valence-corrected chi connectivity index (χ3v) is 3.10. The summed E-state index contributed by atoms with van der Waals surface area (Å²) < 4.78 is 5.71. The fourth-order valence-electron chi connectivity index (χ4n) is 2.15. The molecular formula is C13H17NO3. The van der Waals surface area contributed by atoms with E-state index < -0.39 is 12.0 Å². The first-order valence-corrected chi connectivity index (χ1v) is 5.92. The van der Waals surface area contributed by atoms with Crippen LogP contribution in [0.4, 0.5) is 0 Å². The van der Waals surface area contributed by atoms with E-state index in [0.717, 1.165) is 25.7 Å². The standard InChI is InChI=1S/C13H17NO3/c14-13(16)9-5-1-3-7-11(9)17-12-8-4-2-6-10(12)15/h1,3,5,7,10,12,15H,2,4,6,8H2,(H2,14,16)/t10-,12-/m1/s1. The Labute approximate surface area is 100 Å². The van der Waals surface area contributed by atoms with Crippen molar-refractivity contribution in [2.24, 2.45) is 5.73 Å². The zero-order valence-electron chi connectivity index (χ0n) is 9.63. The van der Waals surface area contributed by atoms with E-state index in [4.69, 9.17) is 10.5 Å². The van der Waals surface area contributed by atoms with Crippen molar-refractivity contribution in [3.05, 3.63) is 29.8 Å². The minimum Gasteiger partial charge on any atom is -0.487 e. The molecule has 4 nitrogen and oxygen atoms in total. The van der Waals surface area contributed by atoms with Gasteiger partial charge in [0.15, 0.2) is 0 Å². The van der Waals surface area contributed by atoms with Crippen molar-refractivity contribution in [3.8, 4) is 5.75 Å². The van der Waals surface area contributed by atoms with Crippen molar-refractivity contribution < 1.29 is 14.6 Å². The zero-order valence-corrected chi connectivity index (χ0v) is 9.63. The van der Waals surface area contributed by atoms with Gasteiger partial charge in [0.25, 0.3) is 5.91 Å². The quantitative estimate of drug-likeness (QED) is 0.833. The van der Waals surface area contributed by atoms with E-state index in [2.05, 4.69) is 0 Å². The van der Waals surface area contributed by atoms with Gasteiger partial charge in [-0.05, 0) is 31.4 Å². The number of para-hydroxylation sites is 1. The van der Waals surface area contributed by atoms with Crippen molar-refractivity contribution in [3.63, 3.8) is 0 Å². The Balaban J connectivity index is 2.14. The van der Waals surface area contributed by atoms with Crippen molar-refractivity contribution in [1.29, 1.82) is 0 Å². The third-order valence-electron chi connectivity index (χ3n) is 3.10. The molecule has 17 heavy (non-hydrogen) atoms. The van der Waals surface area contributed by atoms with Crippen LogP contribution in [0.2, 0.25) is 0 Å². The second-order valence-electron chi connectivity index (χ2n) is 4.37. The highest BCUT2D eigenvalue weighted by Gasteiger charge is 2.25. The van der Waals surface area contributed by atoms with E-state index in [1.807, 2.05) is 0 Å². The van der Waals surface area contributed by atoms with E-state index >= 15 is 0 Å². The molecule has 1 fully saturated rings. The number of ether oxygens (including phenoxy) is 1. The van der Waals surface area contributed by atoms with Gasteiger partial charge in [-0.2, -0.15) is 0 Å². The molecule has 92 valence electrons. The number of hydrogen-bond acceptors (Lipinski definition) is 3. The second-order valence-corrected chi connectivity index (χ2v) is 4.37. The summed E-state index contributed by atoms with van der Waals surface area (Å²) in [5, 5.41) is 9.82. The molecule has 0 heterocycles. The number of hydrogen-bond donors (Lipinski definition) is 2. The van der Waals surface area contributed by atoms with Gasteiger partial charge in [0.2, 0.25) is 0 Å². The molecule has 1 aromatic carbocycles. The highest BCUT2D eigenvalue weighted by Crippen LogP contribution is 2.26. The van der Waals surface area contributed by atoms with E-state index in [1.165, 1.54) is 0 Å². The number of primary amides is 1. The smallest absolute Gasteiger partial charge is 0.252 e. The van der Waals surface area contributed by atoms with Crippen LogP contribution in [0, 0.1) is 0 Å². The number of rotatable bonds is 3. The maximum Gasteiger partial charge on any atom is 0.252 e. The Morgan fingerprint density at radius 3 is 2.71 bits per heavy atom. The summed E-state index contributed by atoms with van der Waals surface area (Å²) in [5.41, 5.74) is 5.64. The molecule has 0 unspecified atom stereocenters. The van der Waals surface area contributed by atoms with Crippen molar-refractivity contribution in [2.75, 3.05) is 0 Å². The normalized spacial score (nSPS) is 24.3. The van der Waals surface area contributed by atoms with Gasteiger partial charge in [0.05, 0.1) is 11.7 Å². The van der Waals surface area contributed by atoms with Crippen LogP contribution in [0.25, 0.3) is 0 Å². The average molecular weight is 235 g/mol. The molecule has 0 aromatic heterocycles. The molecule has 1 aromatic rings. The summed E-state index contributed by atoms with van der Waals surface area (Å²) in [7, 11) is 0. The molecule has 2 atom stereocenters. The number of aliphatic hydroxyl groups is 1. The maximum atomic E-state index is 11.2. The summed E-state index contributed by atoms with van der Waals surface area (Å²) in [4.78, 5) is 11.2. The van der Waals surface area contributed by atoms with Crippen molar-refractivity contribution in [2.45, 2.75) is 37.9 Å². The first-order chi connectivity index (χ1) is 8.18. The monoisotopic (exact) mass is 235 g/mol. The Morgan fingerprint density at radius 1 is 1.29 bits per heavy atom. The topological polar surface area (TPSA) is 72.6 Å². The lowest BCUT2D eigenvalue weighted by Crippen LogP contribution is -2.35. The van der Waals surface area contributed by atoms with Crippen LogP contribution < -0.4 is 10.5 Å². The number of carbonyl (C=O) groups is 1. The van der Waals surface area contributed by atoms with Gasteiger partial charge in [-0.1, -0.05) is 18.6 Å². The van der Waals surface area contributed by atoms with Gasteiger partial charge in [-0.15, -0.1) is 0 Å². The minimum atomic E-state index is -0.508. The van der Waals surface area contributed by atoms with Crippen LogP contribution in [-0.2, 0) is 0 Å². The molecule has 1 aliphatic carbocycles. The average Bonchev–Trinajstić information content (AvgIpc) is 2.32. The molecule has 4 heteroatoms. The first kappa shape index (κ1) is 11.9. The number of carbonyl (C=O) groups excluding carboxylic acids is 1. The third kappa shape index (κ3) is 2.77. The largest absolute Gasteiger partial charge is 0.487 e. The van der Waals surface area contributed by atoms with E-state index in [1.54, 1.807) is 24.3 Å². The molecule has 1 amide bonds. The lowest BCUT2D eigenvalue weighted by Gasteiger charge is -2.28. The molecule has 1 saturated carbocycles. The minimum absolute atomic E-state index is 0.232. The Morgan fingerprint density at radius 2 is 2.00 bits per heavy atom. The predicted molar refractivity (Wildman–Crippen MR) is 63.9 cm³/mol. The van der Waals surface area contributed by atoms with Crippen LogP contribution in [0.15, 0.2) is 24.3 Å². The molecule has 0 bridgehead atoms. The van der Waals surface area contributed by atoms with Crippen LogP contribution in [0.1, 0.15) is 36.0 Å². The molecule has 0 radical (unpaired) electrons. The molecule has 0 aliphatic heterocycles. The molecule has 0 saturated heterocycles. The summed E-state index contributed by atoms with van der Waals surface area (Å²) >= 11 is 0. The zero-order chi connectivity index (χ0) is 12.3. The van der Waals surface area contributed by atoms with Crippen molar-refractivity contribution in [1.82, 2.24) is 0 Å². The molecule has 0 spiro atoms. The number of amides is 1. The van der Waals surface area contributed by atoms with Gasteiger partial charge in [0, 0.05) is 0 Å². The van der Waals surface area contributed by atoms with E-state index in [9.17, 15) is 9.90 Å². The SMILES string of the molecule is NC(=O)c1ccccc1O[C@@H]1CCCC[C@H]1O. The fourth-order valence-corrected chi connectivity index (χ4v) is 2.15. The lowest BCUT2D eigenvalue weighted by molar-refractivity contribution is 0.00647. The highest BCUT2D eigenvalue weighted by atomic mass is 16.5. The Kier molecular flexibility index (Phi) is 3.64. The van der Waals surface area contributed by atoms with Crippen LogP contribution in [-0.4, -0.2) is 23.2 Å². The summed E-state index contributed by atoms with van der Waals surface area (Å²) in [6.45, 7) is 0. The number of benzene rings is 1. The second kappa shape index (κ2) is 5.19. The Bertz CT molecular complexity index is 405. The first-order valence-electron chi connectivity index (χ1n) is 5.92. The van der Waals surface area contributed by atoms with Gasteiger partial charge in [0.1, 0.15) is 11.9 Å². The molecule has 3 N–H and O–H groups in total. The molecule has 2 rings (SSSR count). The highest BCUT2D eigenvalue weighted by molar-refractivity contribution is 5.95. The van der Waals surface area contributed by atoms with Crippen molar-refractivity contribution >= 4 is 5.91 Å². The molecule has 1 aliphatic rings.